The largest absolute Gasteiger partial charge is 0.326 e. The second kappa shape index (κ2) is 6.49. The van der Waals surface area contributed by atoms with Crippen molar-refractivity contribution >= 4 is 11.6 Å². The molecular weight excluding hydrogens is 290 g/mol. The van der Waals surface area contributed by atoms with Crippen molar-refractivity contribution < 1.29 is 4.79 Å². The molecule has 1 N–H and O–H groups in total. The number of hydrogen-bond donors (Lipinski definition) is 1. The Morgan fingerprint density at radius 2 is 2.04 bits per heavy atom. The van der Waals surface area contributed by atoms with Crippen LogP contribution in [-0.2, 0) is 11.3 Å². The third kappa shape index (κ3) is 3.86. The van der Waals surface area contributed by atoms with Crippen LogP contribution in [-0.4, -0.2) is 10.5 Å². The Morgan fingerprint density at radius 3 is 2.74 bits per heavy atom. The van der Waals surface area contributed by atoms with Crippen LogP contribution in [0.25, 0.3) is 0 Å². The number of hydrogen-bond acceptors (Lipinski definition) is 3. The van der Waals surface area contributed by atoms with Crippen molar-refractivity contribution in [1.29, 1.82) is 5.26 Å². The topological polar surface area (TPSA) is 74.9 Å². The maximum absolute atomic E-state index is 12.5. The summed E-state index contributed by atoms with van der Waals surface area (Å²) in [4.78, 5) is 24.6. The minimum absolute atomic E-state index is 0.0974. The normalized spacial score (nSPS) is 10.9. The molecule has 0 fully saturated rings. The van der Waals surface area contributed by atoms with Gasteiger partial charge in [-0.15, -0.1) is 0 Å². The van der Waals surface area contributed by atoms with E-state index < -0.39 is 5.41 Å². The van der Waals surface area contributed by atoms with Crippen molar-refractivity contribution in [3.8, 4) is 6.07 Å². The fourth-order valence-corrected chi connectivity index (χ4v) is 2.25. The molecule has 0 radical (unpaired) electrons. The van der Waals surface area contributed by atoms with Crippen LogP contribution in [0, 0.1) is 23.7 Å². The van der Waals surface area contributed by atoms with Gasteiger partial charge in [-0.25, -0.2) is 0 Å². The van der Waals surface area contributed by atoms with Gasteiger partial charge in [0.15, 0.2) is 0 Å². The van der Waals surface area contributed by atoms with E-state index >= 15 is 0 Å². The van der Waals surface area contributed by atoms with Gasteiger partial charge >= 0.3 is 0 Å². The Kier molecular flexibility index (Phi) is 4.65. The minimum atomic E-state index is -0.778. The van der Waals surface area contributed by atoms with E-state index in [1.54, 1.807) is 67.9 Å². The zero-order valence-electron chi connectivity index (χ0n) is 13.5. The number of aryl methyl sites for hydroxylation is 1. The standard InChI is InChI=1S/C18H19N3O2/c1-13-6-5-9-21(16(13)22)12-18(2,3)17(23)20-15-8-4-7-14(10-15)11-19/h4-10H,12H2,1-3H3,(H,20,23). The second-order valence-electron chi connectivity index (χ2n) is 6.15. The zero-order valence-corrected chi connectivity index (χ0v) is 13.5. The number of nitrogens with zero attached hydrogens (tertiary/aromatic N) is 2. The third-order valence-corrected chi connectivity index (χ3v) is 3.64. The van der Waals surface area contributed by atoms with Crippen molar-refractivity contribution in [2.75, 3.05) is 5.32 Å². The highest BCUT2D eigenvalue weighted by atomic mass is 16.2. The number of aromatic nitrogens is 1. The highest BCUT2D eigenvalue weighted by Crippen LogP contribution is 2.21. The van der Waals surface area contributed by atoms with E-state index in [0.29, 0.717) is 16.8 Å². The zero-order chi connectivity index (χ0) is 17.0. The number of anilines is 1. The van der Waals surface area contributed by atoms with Crippen LogP contribution in [0.5, 0.6) is 0 Å². The van der Waals surface area contributed by atoms with Crippen molar-refractivity contribution in [3.63, 3.8) is 0 Å². The second-order valence-corrected chi connectivity index (χ2v) is 6.15. The summed E-state index contributed by atoms with van der Waals surface area (Å²) in [6.07, 6.45) is 1.68. The van der Waals surface area contributed by atoms with Gasteiger partial charge in [-0.05, 0) is 45.0 Å². The first-order valence-electron chi connectivity index (χ1n) is 7.31. The molecule has 0 atom stereocenters. The Hall–Kier alpha value is -2.87. The number of amides is 1. The van der Waals surface area contributed by atoms with E-state index in [-0.39, 0.29) is 18.0 Å². The summed E-state index contributed by atoms with van der Waals surface area (Å²) in [7, 11) is 0. The van der Waals surface area contributed by atoms with Gasteiger partial charge in [0.25, 0.3) is 5.56 Å². The molecule has 2 rings (SSSR count). The van der Waals surface area contributed by atoms with Crippen LogP contribution < -0.4 is 10.9 Å². The molecular formula is C18H19N3O2. The van der Waals surface area contributed by atoms with Crippen LogP contribution in [0.15, 0.2) is 47.4 Å². The monoisotopic (exact) mass is 309 g/mol. The Bertz CT molecular complexity index is 829. The molecule has 5 nitrogen and oxygen atoms in total. The molecule has 1 amide bonds. The molecule has 0 unspecified atom stereocenters. The van der Waals surface area contributed by atoms with Crippen molar-refractivity contribution in [3.05, 3.63) is 64.1 Å². The SMILES string of the molecule is Cc1cccn(CC(C)(C)C(=O)Nc2cccc(C#N)c2)c1=O. The summed E-state index contributed by atoms with van der Waals surface area (Å²) < 4.78 is 1.54. The molecule has 0 aliphatic carbocycles. The molecule has 2 aromatic rings. The number of carbonyl (C=O) groups excluding carboxylic acids is 1. The van der Waals surface area contributed by atoms with E-state index in [4.69, 9.17) is 5.26 Å². The van der Waals surface area contributed by atoms with Crippen LogP contribution in [0.3, 0.4) is 0 Å². The average Bonchev–Trinajstić information content (AvgIpc) is 2.52. The lowest BCUT2D eigenvalue weighted by Gasteiger charge is -2.24. The van der Waals surface area contributed by atoms with Gasteiger partial charge in [0.2, 0.25) is 5.91 Å². The summed E-state index contributed by atoms with van der Waals surface area (Å²) in [5, 5.41) is 11.7. The molecule has 118 valence electrons. The highest BCUT2D eigenvalue weighted by molar-refractivity contribution is 5.94. The number of benzene rings is 1. The Morgan fingerprint density at radius 1 is 1.30 bits per heavy atom. The molecule has 23 heavy (non-hydrogen) atoms. The maximum atomic E-state index is 12.5. The summed E-state index contributed by atoms with van der Waals surface area (Å²) in [5.74, 6) is -0.207. The van der Waals surface area contributed by atoms with Gasteiger partial charge in [-0.2, -0.15) is 5.26 Å². The lowest BCUT2D eigenvalue weighted by atomic mass is 9.91. The van der Waals surface area contributed by atoms with Crippen molar-refractivity contribution in [1.82, 2.24) is 4.57 Å². The number of rotatable bonds is 4. The van der Waals surface area contributed by atoms with Gasteiger partial charge in [0.1, 0.15) is 0 Å². The number of pyridine rings is 1. The summed E-state index contributed by atoms with van der Waals surface area (Å²) in [5.41, 5.74) is 0.819. The molecule has 0 bridgehead atoms. The quantitative estimate of drug-likeness (QED) is 0.943. The molecule has 0 saturated heterocycles. The van der Waals surface area contributed by atoms with Crippen LogP contribution >= 0.6 is 0 Å². The van der Waals surface area contributed by atoms with Gasteiger partial charge < -0.3 is 9.88 Å². The third-order valence-electron chi connectivity index (χ3n) is 3.64. The highest BCUT2D eigenvalue weighted by Gasteiger charge is 2.28. The predicted molar refractivity (Wildman–Crippen MR) is 89.0 cm³/mol. The fraction of sp³-hybridized carbons (Fsp3) is 0.278. The van der Waals surface area contributed by atoms with Gasteiger partial charge in [-0.3, -0.25) is 9.59 Å². The first-order valence-corrected chi connectivity index (χ1v) is 7.31. The van der Waals surface area contributed by atoms with E-state index in [1.165, 1.54) is 0 Å². The number of nitrogens with one attached hydrogen (secondary N) is 1. The Labute approximate surface area is 135 Å². The van der Waals surface area contributed by atoms with Gasteiger partial charge in [0, 0.05) is 24.0 Å². The van der Waals surface area contributed by atoms with Gasteiger partial charge in [0.05, 0.1) is 17.0 Å². The molecule has 5 heteroatoms. The molecule has 0 aliphatic rings. The lowest BCUT2D eigenvalue weighted by molar-refractivity contribution is -0.124. The molecule has 0 spiro atoms. The first kappa shape index (κ1) is 16.5. The molecule has 1 heterocycles. The summed E-state index contributed by atoms with van der Waals surface area (Å²) >= 11 is 0. The predicted octanol–water partition coefficient (Wildman–Crippen LogP) is 2.69. The molecule has 0 aliphatic heterocycles. The van der Waals surface area contributed by atoms with E-state index in [9.17, 15) is 9.59 Å². The Balaban J connectivity index is 2.18. The van der Waals surface area contributed by atoms with Crippen LogP contribution in [0.4, 0.5) is 5.69 Å². The van der Waals surface area contributed by atoms with Crippen molar-refractivity contribution in [2.24, 2.45) is 5.41 Å². The van der Waals surface area contributed by atoms with E-state index in [2.05, 4.69) is 5.32 Å². The van der Waals surface area contributed by atoms with E-state index in [1.807, 2.05) is 6.07 Å². The first-order chi connectivity index (χ1) is 10.8. The maximum Gasteiger partial charge on any atom is 0.253 e. The molecule has 1 aromatic heterocycles. The fourth-order valence-electron chi connectivity index (χ4n) is 2.25. The summed E-state index contributed by atoms with van der Waals surface area (Å²) in [6, 6.07) is 12.3. The van der Waals surface area contributed by atoms with Crippen molar-refractivity contribution in [2.45, 2.75) is 27.3 Å². The van der Waals surface area contributed by atoms with Gasteiger partial charge in [-0.1, -0.05) is 12.1 Å². The molecule has 0 saturated carbocycles. The average molecular weight is 309 g/mol. The smallest absolute Gasteiger partial charge is 0.253 e. The van der Waals surface area contributed by atoms with Crippen LogP contribution in [0.1, 0.15) is 25.0 Å². The number of nitriles is 1. The minimum Gasteiger partial charge on any atom is -0.326 e. The van der Waals surface area contributed by atoms with Crippen LogP contribution in [0.2, 0.25) is 0 Å². The molecule has 1 aromatic carbocycles. The lowest BCUT2D eigenvalue weighted by Crippen LogP contribution is -2.38. The van der Waals surface area contributed by atoms with E-state index in [0.717, 1.165) is 0 Å². The summed E-state index contributed by atoms with van der Waals surface area (Å²) in [6.45, 7) is 5.59. The number of carbonyl (C=O) groups is 1.